The van der Waals surface area contributed by atoms with E-state index >= 15 is 0 Å². The summed E-state index contributed by atoms with van der Waals surface area (Å²) in [5.41, 5.74) is 5.67. The van der Waals surface area contributed by atoms with Crippen molar-refractivity contribution in [2.24, 2.45) is 0 Å². The summed E-state index contributed by atoms with van der Waals surface area (Å²) in [5.74, 6) is 0.816. The Labute approximate surface area is 94.4 Å². The highest BCUT2D eigenvalue weighted by molar-refractivity contribution is 5.69. The van der Waals surface area contributed by atoms with E-state index in [1.54, 1.807) is 12.4 Å². The number of nitrogens with two attached hydrogens (primary N) is 1. The molecule has 1 aromatic rings. The van der Waals surface area contributed by atoms with Gasteiger partial charge in [-0.25, -0.2) is 9.97 Å². The Morgan fingerprint density at radius 1 is 1.50 bits per heavy atom. The second-order valence-electron chi connectivity index (χ2n) is 3.37. The molecule has 0 amide bonds. The summed E-state index contributed by atoms with van der Waals surface area (Å²) < 4.78 is 4.55. The second-order valence-corrected chi connectivity index (χ2v) is 3.37. The van der Waals surface area contributed by atoms with Crippen molar-refractivity contribution in [1.82, 2.24) is 9.97 Å². The predicted molar refractivity (Wildman–Crippen MR) is 61.0 cm³/mol. The first-order chi connectivity index (χ1) is 7.65. The highest BCUT2D eigenvalue weighted by Gasteiger charge is 2.08. The van der Waals surface area contributed by atoms with Gasteiger partial charge in [-0.15, -0.1) is 0 Å². The lowest BCUT2D eigenvalue weighted by Gasteiger charge is -2.18. The molecule has 0 aliphatic heterocycles. The van der Waals surface area contributed by atoms with E-state index in [0.29, 0.717) is 31.0 Å². The van der Waals surface area contributed by atoms with Crippen molar-refractivity contribution in [3.05, 3.63) is 12.4 Å². The van der Waals surface area contributed by atoms with Crippen molar-refractivity contribution in [2.75, 3.05) is 31.3 Å². The summed E-state index contributed by atoms with van der Waals surface area (Å²) in [5, 5.41) is 0. The predicted octanol–water partition coefficient (Wildman–Crippen LogP) is 0.448. The molecule has 1 heterocycles. The molecule has 0 fully saturated rings. The lowest BCUT2D eigenvalue weighted by molar-refractivity contribution is -0.140. The number of carbonyl (C=O) groups excluding carboxylic acids is 1. The molecule has 0 radical (unpaired) electrons. The highest BCUT2D eigenvalue weighted by Crippen LogP contribution is 2.14. The van der Waals surface area contributed by atoms with Crippen molar-refractivity contribution < 1.29 is 9.53 Å². The third-order valence-corrected chi connectivity index (χ3v) is 2.17. The third kappa shape index (κ3) is 3.38. The zero-order valence-electron chi connectivity index (χ0n) is 9.51. The van der Waals surface area contributed by atoms with Crippen LogP contribution in [0.5, 0.6) is 0 Å². The maximum atomic E-state index is 10.9. The maximum absolute atomic E-state index is 10.9. The number of carbonyl (C=O) groups is 1. The quantitative estimate of drug-likeness (QED) is 0.731. The van der Waals surface area contributed by atoms with Gasteiger partial charge in [0.2, 0.25) is 0 Å². The SMILES string of the molecule is COC(=O)CCCN(C)c1nccnc1N. The van der Waals surface area contributed by atoms with Crippen molar-refractivity contribution in [2.45, 2.75) is 12.8 Å². The molecule has 0 spiro atoms. The van der Waals surface area contributed by atoms with Crippen LogP contribution in [0.1, 0.15) is 12.8 Å². The molecule has 2 N–H and O–H groups in total. The summed E-state index contributed by atoms with van der Waals surface area (Å²) in [7, 11) is 3.24. The van der Waals surface area contributed by atoms with Gasteiger partial charge in [0.25, 0.3) is 0 Å². The molecule has 6 heteroatoms. The minimum Gasteiger partial charge on any atom is -0.469 e. The number of methoxy groups -OCH3 is 1. The van der Waals surface area contributed by atoms with Gasteiger partial charge in [-0.2, -0.15) is 0 Å². The van der Waals surface area contributed by atoms with E-state index in [1.165, 1.54) is 7.11 Å². The van der Waals surface area contributed by atoms with E-state index in [1.807, 2.05) is 11.9 Å². The molecule has 0 bridgehead atoms. The van der Waals surface area contributed by atoms with Crippen LogP contribution >= 0.6 is 0 Å². The average molecular weight is 224 g/mol. The van der Waals surface area contributed by atoms with Crippen molar-refractivity contribution in [1.29, 1.82) is 0 Å². The minimum absolute atomic E-state index is 0.208. The Balaban J connectivity index is 2.44. The van der Waals surface area contributed by atoms with Crippen molar-refractivity contribution in [3.8, 4) is 0 Å². The van der Waals surface area contributed by atoms with Crippen molar-refractivity contribution >= 4 is 17.6 Å². The first-order valence-electron chi connectivity index (χ1n) is 4.99. The lowest BCUT2D eigenvalue weighted by Crippen LogP contribution is -2.22. The van der Waals surface area contributed by atoms with Gasteiger partial charge in [0, 0.05) is 32.4 Å². The fourth-order valence-corrected chi connectivity index (χ4v) is 1.30. The zero-order valence-corrected chi connectivity index (χ0v) is 9.51. The first kappa shape index (κ1) is 12.2. The summed E-state index contributed by atoms with van der Waals surface area (Å²) in [6.07, 6.45) is 4.21. The molecule has 0 aliphatic rings. The molecule has 0 atom stereocenters. The Hall–Kier alpha value is -1.85. The van der Waals surface area contributed by atoms with Gasteiger partial charge in [-0.3, -0.25) is 4.79 Å². The number of aromatic nitrogens is 2. The number of nitrogen functional groups attached to an aromatic ring is 1. The van der Waals surface area contributed by atoms with Gasteiger partial charge in [-0.1, -0.05) is 0 Å². The number of nitrogens with zero attached hydrogens (tertiary/aromatic N) is 3. The van der Waals surface area contributed by atoms with Gasteiger partial charge in [0.1, 0.15) is 0 Å². The molecule has 0 saturated carbocycles. The minimum atomic E-state index is -0.208. The van der Waals surface area contributed by atoms with Gasteiger partial charge in [0.05, 0.1) is 7.11 Å². The largest absolute Gasteiger partial charge is 0.469 e. The fraction of sp³-hybridized carbons (Fsp3) is 0.500. The molecule has 88 valence electrons. The summed E-state index contributed by atoms with van der Waals surface area (Å²) in [6.45, 7) is 0.679. The molecule has 6 nitrogen and oxygen atoms in total. The van der Waals surface area contributed by atoms with Gasteiger partial charge < -0.3 is 15.4 Å². The zero-order chi connectivity index (χ0) is 12.0. The number of rotatable bonds is 5. The number of ether oxygens (including phenoxy) is 1. The third-order valence-electron chi connectivity index (χ3n) is 2.17. The summed E-state index contributed by atoms with van der Waals surface area (Å²) in [4.78, 5) is 20.8. The number of hydrogen-bond acceptors (Lipinski definition) is 6. The van der Waals surface area contributed by atoms with Crippen LogP contribution in [0.25, 0.3) is 0 Å². The standard InChI is InChI=1S/C10H16N4O2/c1-14(7-3-4-8(15)16-2)10-9(11)12-5-6-13-10/h5-6H,3-4,7H2,1-2H3,(H2,11,12). The number of esters is 1. The molecule has 0 saturated heterocycles. The van der Waals surface area contributed by atoms with Crippen LogP contribution in [0.4, 0.5) is 11.6 Å². The second kappa shape index (κ2) is 5.89. The van der Waals surface area contributed by atoms with E-state index in [0.717, 1.165) is 0 Å². The average Bonchev–Trinajstić information content (AvgIpc) is 2.29. The lowest BCUT2D eigenvalue weighted by atomic mass is 10.3. The van der Waals surface area contributed by atoms with Gasteiger partial charge >= 0.3 is 5.97 Å². The fourth-order valence-electron chi connectivity index (χ4n) is 1.30. The maximum Gasteiger partial charge on any atom is 0.305 e. The summed E-state index contributed by atoms with van der Waals surface area (Å²) in [6, 6.07) is 0. The van der Waals surface area contributed by atoms with E-state index in [2.05, 4.69) is 14.7 Å². The number of hydrogen-bond donors (Lipinski definition) is 1. The van der Waals surface area contributed by atoms with Crippen molar-refractivity contribution in [3.63, 3.8) is 0 Å². The smallest absolute Gasteiger partial charge is 0.305 e. The Morgan fingerprint density at radius 3 is 2.81 bits per heavy atom. The van der Waals surface area contributed by atoms with E-state index in [-0.39, 0.29) is 5.97 Å². The Kier molecular flexibility index (Phi) is 4.50. The van der Waals surface area contributed by atoms with Crippen LogP contribution in [-0.4, -0.2) is 36.6 Å². The Bertz CT molecular complexity index is 356. The van der Waals surface area contributed by atoms with Crippen LogP contribution in [0.3, 0.4) is 0 Å². The topological polar surface area (TPSA) is 81.3 Å². The monoisotopic (exact) mass is 224 g/mol. The highest BCUT2D eigenvalue weighted by atomic mass is 16.5. The van der Waals surface area contributed by atoms with Crippen LogP contribution in [0.2, 0.25) is 0 Å². The van der Waals surface area contributed by atoms with Gasteiger partial charge in [0.15, 0.2) is 11.6 Å². The van der Waals surface area contributed by atoms with Crippen LogP contribution in [0, 0.1) is 0 Å². The Morgan fingerprint density at radius 2 is 2.19 bits per heavy atom. The van der Waals surface area contributed by atoms with Crippen LogP contribution < -0.4 is 10.6 Å². The first-order valence-corrected chi connectivity index (χ1v) is 4.99. The van der Waals surface area contributed by atoms with Gasteiger partial charge in [-0.05, 0) is 6.42 Å². The van der Waals surface area contributed by atoms with Crippen LogP contribution in [-0.2, 0) is 9.53 Å². The van der Waals surface area contributed by atoms with Crippen LogP contribution in [0.15, 0.2) is 12.4 Å². The molecular weight excluding hydrogens is 208 g/mol. The van der Waals surface area contributed by atoms with E-state index < -0.39 is 0 Å². The molecule has 0 unspecified atom stereocenters. The normalized spacial score (nSPS) is 9.88. The number of anilines is 2. The molecule has 1 aromatic heterocycles. The molecule has 1 rings (SSSR count). The molecule has 0 aromatic carbocycles. The molecule has 0 aliphatic carbocycles. The summed E-state index contributed by atoms with van der Waals surface area (Å²) >= 11 is 0. The van der Waals surface area contributed by atoms with E-state index in [4.69, 9.17) is 5.73 Å². The van der Waals surface area contributed by atoms with E-state index in [9.17, 15) is 4.79 Å². The molecular formula is C10H16N4O2. The molecule has 16 heavy (non-hydrogen) atoms.